The molecular formula is C25H41NO4. The molecule has 30 heavy (non-hydrogen) atoms. The van der Waals surface area contributed by atoms with Crippen LogP contribution in [0.2, 0.25) is 0 Å². The van der Waals surface area contributed by atoms with Gasteiger partial charge in [-0.25, -0.2) is 0 Å². The molecule has 0 saturated carbocycles. The highest BCUT2D eigenvalue weighted by molar-refractivity contribution is 5.74. The van der Waals surface area contributed by atoms with Crippen LogP contribution >= 0.6 is 0 Å². The van der Waals surface area contributed by atoms with Gasteiger partial charge in [0.15, 0.2) is 0 Å². The van der Waals surface area contributed by atoms with Gasteiger partial charge in [0.2, 0.25) is 0 Å². The van der Waals surface area contributed by atoms with Crippen molar-refractivity contribution in [1.29, 1.82) is 0 Å². The quantitative estimate of drug-likeness (QED) is 0.439. The zero-order chi connectivity index (χ0) is 23.2. The van der Waals surface area contributed by atoms with Crippen LogP contribution in [0, 0.1) is 22.2 Å². The molecule has 0 aliphatic heterocycles. The van der Waals surface area contributed by atoms with Gasteiger partial charge in [-0.2, -0.15) is 0 Å². The molecule has 5 nitrogen and oxygen atoms in total. The molecule has 170 valence electrons. The maximum absolute atomic E-state index is 11.8. The van der Waals surface area contributed by atoms with Crippen LogP contribution in [-0.4, -0.2) is 40.1 Å². The topological polar surface area (TPSA) is 77.8 Å². The van der Waals surface area contributed by atoms with Gasteiger partial charge in [0.25, 0.3) is 0 Å². The molecule has 2 N–H and O–H groups in total. The van der Waals surface area contributed by atoms with E-state index in [1.165, 1.54) is 5.56 Å². The Labute approximate surface area is 182 Å². The predicted molar refractivity (Wildman–Crippen MR) is 121 cm³/mol. The zero-order valence-corrected chi connectivity index (χ0v) is 19.9. The number of hydrogen-bond acceptors (Lipinski definition) is 3. The summed E-state index contributed by atoms with van der Waals surface area (Å²) in [5.41, 5.74) is -0.509. The third-order valence-corrected chi connectivity index (χ3v) is 6.07. The molecule has 2 atom stereocenters. The van der Waals surface area contributed by atoms with Gasteiger partial charge in [-0.3, -0.25) is 14.5 Å². The minimum Gasteiger partial charge on any atom is -0.481 e. The Morgan fingerprint density at radius 2 is 1.57 bits per heavy atom. The monoisotopic (exact) mass is 419 g/mol. The molecule has 0 spiro atoms. The lowest BCUT2D eigenvalue weighted by molar-refractivity contribution is -0.150. The highest BCUT2D eigenvalue weighted by Gasteiger charge is 2.38. The highest BCUT2D eigenvalue weighted by Crippen LogP contribution is 2.38. The Hall–Kier alpha value is -1.88. The molecule has 1 aromatic carbocycles. The molecule has 0 fully saturated rings. The summed E-state index contributed by atoms with van der Waals surface area (Å²) in [7, 11) is 0. The van der Waals surface area contributed by atoms with Crippen molar-refractivity contribution in [2.24, 2.45) is 22.2 Å². The molecule has 1 aromatic rings. The highest BCUT2D eigenvalue weighted by atomic mass is 16.4. The lowest BCUT2D eigenvalue weighted by Crippen LogP contribution is -2.41. The molecule has 0 aliphatic rings. The average molecular weight is 420 g/mol. The van der Waals surface area contributed by atoms with Gasteiger partial charge in [-0.15, -0.1) is 0 Å². The summed E-state index contributed by atoms with van der Waals surface area (Å²) in [5.74, 6) is -1.32. The Morgan fingerprint density at radius 1 is 1.00 bits per heavy atom. The molecule has 2 unspecified atom stereocenters. The van der Waals surface area contributed by atoms with E-state index in [0.29, 0.717) is 19.3 Å². The summed E-state index contributed by atoms with van der Waals surface area (Å²) < 4.78 is 0. The fraction of sp³-hybridized carbons (Fsp3) is 0.680. The molecule has 0 bridgehead atoms. The first-order valence-corrected chi connectivity index (χ1v) is 10.9. The lowest BCUT2D eigenvalue weighted by Gasteiger charge is -2.39. The van der Waals surface area contributed by atoms with E-state index >= 15 is 0 Å². The number of benzene rings is 1. The maximum atomic E-state index is 11.8. The molecule has 0 aromatic heterocycles. The van der Waals surface area contributed by atoms with Crippen molar-refractivity contribution in [3.05, 3.63) is 35.9 Å². The van der Waals surface area contributed by atoms with Crippen molar-refractivity contribution in [2.75, 3.05) is 13.1 Å². The first-order valence-electron chi connectivity index (χ1n) is 10.9. The van der Waals surface area contributed by atoms with Crippen LogP contribution in [0.15, 0.2) is 30.3 Å². The number of aliphatic carboxylic acids is 2. The van der Waals surface area contributed by atoms with Crippen LogP contribution in [0.4, 0.5) is 0 Å². The molecule has 0 heterocycles. The number of carboxylic acid groups (broad SMARTS) is 2. The van der Waals surface area contributed by atoms with Gasteiger partial charge in [0, 0.05) is 19.6 Å². The molecule has 0 aliphatic carbocycles. The Balaban J connectivity index is 3.00. The third-order valence-electron chi connectivity index (χ3n) is 6.07. The van der Waals surface area contributed by atoms with E-state index in [1.807, 2.05) is 32.0 Å². The van der Waals surface area contributed by atoms with Gasteiger partial charge >= 0.3 is 11.9 Å². The van der Waals surface area contributed by atoms with Crippen LogP contribution in [0.3, 0.4) is 0 Å². The van der Waals surface area contributed by atoms with E-state index in [9.17, 15) is 19.8 Å². The number of carboxylic acids is 2. The van der Waals surface area contributed by atoms with Gasteiger partial charge in [-0.1, -0.05) is 58.0 Å². The van der Waals surface area contributed by atoms with E-state index in [4.69, 9.17) is 0 Å². The first kappa shape index (κ1) is 26.2. The van der Waals surface area contributed by atoms with E-state index in [1.54, 1.807) is 13.8 Å². The lowest BCUT2D eigenvalue weighted by atomic mass is 9.72. The molecular weight excluding hydrogens is 378 g/mol. The third kappa shape index (κ3) is 8.10. The van der Waals surface area contributed by atoms with Crippen LogP contribution < -0.4 is 0 Å². The van der Waals surface area contributed by atoms with Crippen LogP contribution in [0.25, 0.3) is 0 Å². The van der Waals surface area contributed by atoms with E-state index < -0.39 is 22.8 Å². The Kier molecular flexibility index (Phi) is 9.09. The standard InChI is InChI=1S/C25H41NO4/c1-8-25(7,22(29)30)17-23(3,4)18-26(16-20-12-10-9-11-13-20)15-19(2)14-24(5,6)21(27)28/h9-13,19H,8,14-18H2,1-7H3,(H,27,28)(H,29,30). The van der Waals surface area contributed by atoms with Gasteiger partial charge in [0.05, 0.1) is 10.8 Å². The second-order valence-electron chi connectivity index (χ2n) is 10.7. The number of carbonyl (C=O) groups is 2. The predicted octanol–water partition coefficient (Wildman–Crippen LogP) is 5.54. The summed E-state index contributed by atoms with van der Waals surface area (Å²) in [6, 6.07) is 10.2. The van der Waals surface area contributed by atoms with E-state index in [-0.39, 0.29) is 11.3 Å². The Bertz CT molecular complexity index is 698. The Morgan fingerprint density at radius 3 is 2.03 bits per heavy atom. The van der Waals surface area contributed by atoms with Crippen molar-refractivity contribution >= 4 is 11.9 Å². The molecule has 0 amide bonds. The van der Waals surface area contributed by atoms with E-state index in [0.717, 1.165) is 19.6 Å². The summed E-state index contributed by atoms with van der Waals surface area (Å²) in [4.78, 5) is 25.7. The maximum Gasteiger partial charge on any atom is 0.309 e. The second-order valence-corrected chi connectivity index (χ2v) is 10.7. The van der Waals surface area contributed by atoms with Crippen molar-refractivity contribution in [2.45, 2.75) is 74.3 Å². The zero-order valence-electron chi connectivity index (χ0n) is 19.9. The van der Waals surface area contributed by atoms with Gasteiger partial charge < -0.3 is 10.2 Å². The van der Waals surface area contributed by atoms with E-state index in [2.05, 4.69) is 37.8 Å². The molecule has 1 rings (SSSR count). The van der Waals surface area contributed by atoms with Gasteiger partial charge in [-0.05, 0) is 56.9 Å². The fourth-order valence-corrected chi connectivity index (χ4v) is 4.56. The summed E-state index contributed by atoms with van der Waals surface area (Å²) >= 11 is 0. The molecule has 0 saturated heterocycles. The fourth-order valence-electron chi connectivity index (χ4n) is 4.56. The smallest absolute Gasteiger partial charge is 0.309 e. The van der Waals surface area contributed by atoms with Crippen LogP contribution in [-0.2, 0) is 16.1 Å². The van der Waals surface area contributed by atoms with Crippen molar-refractivity contribution in [3.8, 4) is 0 Å². The normalized spacial score (nSPS) is 15.6. The number of nitrogens with zero attached hydrogens (tertiary/aromatic N) is 1. The van der Waals surface area contributed by atoms with Crippen molar-refractivity contribution in [1.82, 2.24) is 4.90 Å². The first-order chi connectivity index (χ1) is 13.7. The molecule has 0 radical (unpaired) electrons. The van der Waals surface area contributed by atoms with Crippen LogP contribution in [0.1, 0.15) is 73.3 Å². The minimum atomic E-state index is -0.774. The number of rotatable bonds is 13. The van der Waals surface area contributed by atoms with Crippen molar-refractivity contribution in [3.63, 3.8) is 0 Å². The summed E-state index contributed by atoms with van der Waals surface area (Å²) in [5, 5.41) is 19.2. The summed E-state index contributed by atoms with van der Waals surface area (Å²) in [6.45, 7) is 16.0. The SMILES string of the molecule is CCC(C)(CC(C)(C)CN(Cc1ccccc1)CC(C)CC(C)(C)C(=O)O)C(=O)O. The largest absolute Gasteiger partial charge is 0.481 e. The summed E-state index contributed by atoms with van der Waals surface area (Å²) in [6.07, 6.45) is 1.77. The van der Waals surface area contributed by atoms with Crippen LogP contribution in [0.5, 0.6) is 0 Å². The number of hydrogen-bond donors (Lipinski definition) is 2. The van der Waals surface area contributed by atoms with Crippen molar-refractivity contribution < 1.29 is 19.8 Å². The second kappa shape index (κ2) is 10.4. The van der Waals surface area contributed by atoms with Gasteiger partial charge in [0.1, 0.15) is 0 Å². The molecule has 5 heteroatoms. The minimum absolute atomic E-state index is 0.194. The average Bonchev–Trinajstić information content (AvgIpc) is 2.60.